The Morgan fingerprint density at radius 2 is 2.00 bits per heavy atom. The average Bonchev–Trinajstić information content (AvgIpc) is 2.42. The molecule has 6 nitrogen and oxygen atoms in total. The summed E-state index contributed by atoms with van der Waals surface area (Å²) >= 11 is 0. The summed E-state index contributed by atoms with van der Waals surface area (Å²) in [5.74, 6) is -0.258. The first-order valence-electron chi connectivity index (χ1n) is 6.29. The molecule has 0 saturated carbocycles. The fourth-order valence-corrected chi connectivity index (χ4v) is 1.48. The summed E-state index contributed by atoms with van der Waals surface area (Å²) in [7, 11) is 0. The summed E-state index contributed by atoms with van der Waals surface area (Å²) in [6.45, 7) is 2.61. The standard InChI is InChI=1S/C13H21N3O3/c14-6-7-15-8-9-16-12(13(17)18)10-19-11-4-2-1-3-5-11/h1-5,12,15-16H,6-10,14H2,(H,17,18). The first-order chi connectivity index (χ1) is 9.24. The van der Waals surface area contributed by atoms with Crippen LogP contribution in [0, 0.1) is 0 Å². The van der Waals surface area contributed by atoms with Gasteiger partial charge < -0.3 is 26.2 Å². The van der Waals surface area contributed by atoms with E-state index < -0.39 is 12.0 Å². The lowest BCUT2D eigenvalue weighted by Gasteiger charge is -2.15. The minimum Gasteiger partial charge on any atom is -0.491 e. The molecule has 106 valence electrons. The molecule has 19 heavy (non-hydrogen) atoms. The van der Waals surface area contributed by atoms with E-state index in [0.29, 0.717) is 25.4 Å². The highest BCUT2D eigenvalue weighted by Crippen LogP contribution is 2.08. The van der Waals surface area contributed by atoms with Crippen molar-refractivity contribution in [2.75, 3.05) is 32.8 Å². The van der Waals surface area contributed by atoms with E-state index in [4.69, 9.17) is 15.6 Å². The Kier molecular flexibility index (Phi) is 7.57. The van der Waals surface area contributed by atoms with Gasteiger partial charge in [0.15, 0.2) is 0 Å². The van der Waals surface area contributed by atoms with Gasteiger partial charge in [0.25, 0.3) is 0 Å². The fraction of sp³-hybridized carbons (Fsp3) is 0.462. The van der Waals surface area contributed by atoms with Crippen molar-refractivity contribution in [2.45, 2.75) is 6.04 Å². The summed E-state index contributed by atoms with van der Waals surface area (Å²) in [5.41, 5.74) is 5.33. The first-order valence-corrected chi connectivity index (χ1v) is 6.29. The van der Waals surface area contributed by atoms with Crippen LogP contribution in [0.15, 0.2) is 30.3 Å². The summed E-state index contributed by atoms with van der Waals surface area (Å²) < 4.78 is 5.42. The monoisotopic (exact) mass is 267 g/mol. The third-order valence-electron chi connectivity index (χ3n) is 2.47. The third-order valence-corrected chi connectivity index (χ3v) is 2.47. The first kappa shape index (κ1) is 15.4. The molecule has 0 aromatic heterocycles. The molecule has 1 rings (SSSR count). The van der Waals surface area contributed by atoms with Crippen LogP contribution in [0.4, 0.5) is 0 Å². The van der Waals surface area contributed by atoms with E-state index in [1.54, 1.807) is 12.1 Å². The number of hydrogen-bond acceptors (Lipinski definition) is 5. The maximum absolute atomic E-state index is 11.1. The molecule has 0 spiro atoms. The molecule has 0 aliphatic carbocycles. The number of nitrogens with two attached hydrogens (primary N) is 1. The minimum atomic E-state index is -0.922. The molecule has 0 aliphatic rings. The average molecular weight is 267 g/mol. The molecule has 1 aromatic rings. The van der Waals surface area contributed by atoms with Crippen molar-refractivity contribution in [2.24, 2.45) is 5.73 Å². The molecule has 1 unspecified atom stereocenters. The highest BCUT2D eigenvalue weighted by atomic mass is 16.5. The normalized spacial score (nSPS) is 12.1. The van der Waals surface area contributed by atoms with Gasteiger partial charge in [0.1, 0.15) is 18.4 Å². The molecular weight excluding hydrogens is 246 g/mol. The number of carbonyl (C=O) groups is 1. The van der Waals surface area contributed by atoms with E-state index in [-0.39, 0.29) is 6.61 Å². The zero-order valence-corrected chi connectivity index (χ0v) is 10.8. The highest BCUT2D eigenvalue weighted by molar-refractivity contribution is 5.73. The second-order valence-corrected chi connectivity index (χ2v) is 4.01. The number of ether oxygens (including phenoxy) is 1. The largest absolute Gasteiger partial charge is 0.491 e. The molecule has 0 bridgehead atoms. The van der Waals surface area contributed by atoms with Crippen LogP contribution in [0.1, 0.15) is 0 Å². The molecule has 0 amide bonds. The lowest BCUT2D eigenvalue weighted by atomic mass is 10.3. The van der Waals surface area contributed by atoms with Crippen LogP contribution in [-0.2, 0) is 4.79 Å². The Bertz CT molecular complexity index is 359. The van der Waals surface area contributed by atoms with Gasteiger partial charge >= 0.3 is 5.97 Å². The molecule has 0 saturated heterocycles. The van der Waals surface area contributed by atoms with Crippen LogP contribution in [-0.4, -0.2) is 49.9 Å². The van der Waals surface area contributed by atoms with Gasteiger partial charge in [-0.15, -0.1) is 0 Å². The smallest absolute Gasteiger partial charge is 0.324 e. The van der Waals surface area contributed by atoms with Crippen LogP contribution in [0.5, 0.6) is 5.75 Å². The van der Waals surface area contributed by atoms with E-state index >= 15 is 0 Å². The van der Waals surface area contributed by atoms with Crippen molar-refractivity contribution >= 4 is 5.97 Å². The number of rotatable bonds is 10. The SMILES string of the molecule is NCCNCCNC(COc1ccccc1)C(=O)O. The molecule has 0 aliphatic heterocycles. The number of nitrogens with one attached hydrogen (secondary N) is 2. The van der Waals surface area contributed by atoms with Crippen molar-refractivity contribution in [3.63, 3.8) is 0 Å². The lowest BCUT2D eigenvalue weighted by Crippen LogP contribution is -2.44. The Balaban J connectivity index is 2.26. The second kappa shape index (κ2) is 9.32. The summed E-state index contributed by atoms with van der Waals surface area (Å²) in [6, 6.07) is 8.43. The Morgan fingerprint density at radius 3 is 2.63 bits per heavy atom. The second-order valence-electron chi connectivity index (χ2n) is 4.01. The van der Waals surface area contributed by atoms with Crippen molar-refractivity contribution in [3.05, 3.63) is 30.3 Å². The van der Waals surface area contributed by atoms with Gasteiger partial charge in [-0.3, -0.25) is 4.79 Å². The molecule has 0 heterocycles. The zero-order valence-electron chi connectivity index (χ0n) is 10.8. The number of carboxylic acid groups (broad SMARTS) is 1. The maximum Gasteiger partial charge on any atom is 0.324 e. The van der Waals surface area contributed by atoms with E-state index in [9.17, 15) is 4.79 Å². The Labute approximate surface area is 112 Å². The number of hydrogen-bond donors (Lipinski definition) is 4. The predicted molar refractivity (Wildman–Crippen MR) is 73.3 cm³/mol. The number of aliphatic carboxylic acids is 1. The number of para-hydroxylation sites is 1. The van der Waals surface area contributed by atoms with Crippen molar-refractivity contribution in [3.8, 4) is 5.75 Å². The third kappa shape index (κ3) is 6.76. The Hall–Kier alpha value is -1.63. The topological polar surface area (TPSA) is 96.6 Å². The predicted octanol–water partition coefficient (Wildman–Crippen LogP) is -0.343. The van der Waals surface area contributed by atoms with Gasteiger partial charge in [-0.05, 0) is 12.1 Å². The fourth-order valence-electron chi connectivity index (χ4n) is 1.48. The summed E-state index contributed by atoms with van der Waals surface area (Å²) in [4.78, 5) is 11.1. The highest BCUT2D eigenvalue weighted by Gasteiger charge is 2.17. The van der Waals surface area contributed by atoms with Crippen LogP contribution >= 0.6 is 0 Å². The maximum atomic E-state index is 11.1. The summed E-state index contributed by atoms with van der Waals surface area (Å²) in [6.07, 6.45) is 0. The number of benzene rings is 1. The molecule has 1 aromatic carbocycles. The number of carboxylic acids is 1. The van der Waals surface area contributed by atoms with Crippen LogP contribution in [0.2, 0.25) is 0 Å². The van der Waals surface area contributed by atoms with E-state index in [2.05, 4.69) is 10.6 Å². The molecule has 0 fully saturated rings. The molecule has 0 radical (unpaired) electrons. The van der Waals surface area contributed by atoms with Crippen molar-refractivity contribution in [1.82, 2.24) is 10.6 Å². The van der Waals surface area contributed by atoms with Gasteiger partial charge in [-0.25, -0.2) is 0 Å². The molecular formula is C13H21N3O3. The lowest BCUT2D eigenvalue weighted by molar-refractivity contribution is -0.140. The van der Waals surface area contributed by atoms with Crippen LogP contribution in [0.3, 0.4) is 0 Å². The van der Waals surface area contributed by atoms with E-state index in [1.807, 2.05) is 18.2 Å². The summed E-state index contributed by atoms with van der Waals surface area (Å²) in [5, 5.41) is 15.1. The van der Waals surface area contributed by atoms with Crippen LogP contribution < -0.4 is 21.1 Å². The van der Waals surface area contributed by atoms with E-state index in [1.165, 1.54) is 0 Å². The van der Waals surface area contributed by atoms with Crippen molar-refractivity contribution < 1.29 is 14.6 Å². The van der Waals surface area contributed by atoms with Gasteiger partial charge in [0.05, 0.1) is 0 Å². The molecule has 5 N–H and O–H groups in total. The van der Waals surface area contributed by atoms with Gasteiger partial charge in [-0.2, -0.15) is 0 Å². The van der Waals surface area contributed by atoms with Gasteiger partial charge in [0.2, 0.25) is 0 Å². The van der Waals surface area contributed by atoms with Crippen molar-refractivity contribution in [1.29, 1.82) is 0 Å². The zero-order chi connectivity index (χ0) is 13.9. The molecule has 1 atom stereocenters. The van der Waals surface area contributed by atoms with E-state index in [0.717, 1.165) is 6.54 Å². The van der Waals surface area contributed by atoms with Gasteiger partial charge in [-0.1, -0.05) is 18.2 Å². The van der Waals surface area contributed by atoms with Gasteiger partial charge in [0, 0.05) is 26.2 Å². The Morgan fingerprint density at radius 1 is 1.26 bits per heavy atom. The molecule has 6 heteroatoms. The van der Waals surface area contributed by atoms with Crippen LogP contribution in [0.25, 0.3) is 0 Å². The minimum absolute atomic E-state index is 0.0935. The quantitative estimate of drug-likeness (QED) is 0.433.